The van der Waals surface area contributed by atoms with Crippen LogP contribution in [-0.2, 0) is 9.59 Å². The molecule has 1 amide bonds. The number of aliphatic carboxylic acids is 1. The van der Waals surface area contributed by atoms with Crippen LogP contribution in [0.2, 0.25) is 0 Å². The highest BCUT2D eigenvalue weighted by atomic mass is 16.4. The first-order chi connectivity index (χ1) is 9.16. The van der Waals surface area contributed by atoms with Gasteiger partial charge in [-0.3, -0.25) is 9.59 Å². The molecule has 0 saturated carbocycles. The highest BCUT2D eigenvalue weighted by Gasteiger charge is 2.33. The van der Waals surface area contributed by atoms with Gasteiger partial charge in [-0.2, -0.15) is 0 Å². The first-order valence-electron chi connectivity index (χ1n) is 7.40. The van der Waals surface area contributed by atoms with Crippen LogP contribution in [0.4, 0.5) is 0 Å². The van der Waals surface area contributed by atoms with Crippen molar-refractivity contribution in [2.75, 3.05) is 32.7 Å². The molecule has 5 nitrogen and oxygen atoms in total. The van der Waals surface area contributed by atoms with Crippen LogP contribution in [0.25, 0.3) is 0 Å². The molecular weight excluding hydrogens is 244 g/mol. The average molecular weight is 268 g/mol. The first kappa shape index (κ1) is 14.3. The van der Waals surface area contributed by atoms with Crippen LogP contribution in [0.15, 0.2) is 0 Å². The summed E-state index contributed by atoms with van der Waals surface area (Å²) in [7, 11) is 0. The average Bonchev–Trinajstić information content (AvgIpc) is 2.60. The number of carbonyl (C=O) groups is 2. The fourth-order valence-electron chi connectivity index (χ4n) is 3.00. The number of nitrogens with zero attached hydrogens (tertiary/aromatic N) is 2. The Morgan fingerprint density at radius 1 is 1.16 bits per heavy atom. The number of likely N-dealkylation sites (tertiary alicyclic amines) is 2. The maximum absolute atomic E-state index is 11.7. The van der Waals surface area contributed by atoms with Crippen molar-refractivity contribution >= 4 is 11.9 Å². The molecule has 1 unspecified atom stereocenters. The molecule has 5 heteroatoms. The van der Waals surface area contributed by atoms with Gasteiger partial charge in [0.2, 0.25) is 5.91 Å². The maximum atomic E-state index is 11.7. The van der Waals surface area contributed by atoms with Crippen LogP contribution < -0.4 is 0 Å². The number of rotatable bonds is 5. The largest absolute Gasteiger partial charge is 0.481 e. The van der Waals surface area contributed by atoms with Gasteiger partial charge in [-0.05, 0) is 38.9 Å². The molecule has 2 aliphatic rings. The van der Waals surface area contributed by atoms with Gasteiger partial charge in [-0.15, -0.1) is 0 Å². The Labute approximate surface area is 114 Å². The predicted molar refractivity (Wildman–Crippen MR) is 71.8 cm³/mol. The van der Waals surface area contributed by atoms with Gasteiger partial charge >= 0.3 is 5.97 Å². The predicted octanol–water partition coefficient (Wildman–Crippen LogP) is 1.19. The van der Waals surface area contributed by atoms with Crippen LogP contribution >= 0.6 is 0 Å². The lowest BCUT2D eigenvalue weighted by molar-refractivity contribution is -0.141. The second kappa shape index (κ2) is 6.89. The van der Waals surface area contributed by atoms with Gasteiger partial charge in [0.25, 0.3) is 0 Å². The van der Waals surface area contributed by atoms with Gasteiger partial charge < -0.3 is 14.9 Å². The smallest absolute Gasteiger partial charge is 0.308 e. The highest BCUT2D eigenvalue weighted by Crippen LogP contribution is 2.18. The first-order valence-corrected chi connectivity index (χ1v) is 7.40. The molecule has 2 rings (SSSR count). The van der Waals surface area contributed by atoms with Gasteiger partial charge in [0.15, 0.2) is 0 Å². The van der Waals surface area contributed by atoms with E-state index in [-0.39, 0.29) is 12.3 Å². The molecule has 2 heterocycles. The van der Waals surface area contributed by atoms with Gasteiger partial charge in [-0.25, -0.2) is 0 Å². The lowest BCUT2D eigenvalue weighted by atomic mass is 10.1. The molecule has 0 radical (unpaired) electrons. The third kappa shape index (κ3) is 4.20. The molecule has 1 atom stereocenters. The molecule has 2 aliphatic heterocycles. The van der Waals surface area contributed by atoms with Crippen LogP contribution in [0, 0.1) is 5.92 Å². The lowest BCUT2D eigenvalue weighted by Crippen LogP contribution is -2.32. The van der Waals surface area contributed by atoms with E-state index in [9.17, 15) is 9.59 Å². The van der Waals surface area contributed by atoms with E-state index in [1.165, 1.54) is 38.8 Å². The van der Waals surface area contributed by atoms with E-state index >= 15 is 0 Å². The summed E-state index contributed by atoms with van der Waals surface area (Å²) in [5.74, 6) is -1.34. The van der Waals surface area contributed by atoms with E-state index in [0.29, 0.717) is 13.1 Å². The molecule has 19 heavy (non-hydrogen) atoms. The van der Waals surface area contributed by atoms with Crippen LogP contribution in [-0.4, -0.2) is 59.5 Å². The van der Waals surface area contributed by atoms with Crippen molar-refractivity contribution in [3.8, 4) is 0 Å². The second-order valence-corrected chi connectivity index (χ2v) is 5.69. The topological polar surface area (TPSA) is 60.9 Å². The summed E-state index contributed by atoms with van der Waals surface area (Å²) in [5.41, 5.74) is 0. The van der Waals surface area contributed by atoms with Crippen LogP contribution in [0.5, 0.6) is 0 Å². The Morgan fingerprint density at radius 3 is 2.42 bits per heavy atom. The van der Waals surface area contributed by atoms with Gasteiger partial charge in [0, 0.05) is 19.5 Å². The Kier molecular flexibility index (Phi) is 5.19. The lowest BCUT2D eigenvalue weighted by Gasteiger charge is -2.22. The summed E-state index contributed by atoms with van der Waals surface area (Å²) in [6.07, 6.45) is 6.37. The third-order valence-corrected chi connectivity index (χ3v) is 4.16. The van der Waals surface area contributed by atoms with Crippen molar-refractivity contribution in [2.24, 2.45) is 5.92 Å². The van der Waals surface area contributed by atoms with E-state index in [0.717, 1.165) is 13.0 Å². The van der Waals surface area contributed by atoms with Crippen molar-refractivity contribution in [3.63, 3.8) is 0 Å². The number of carboxylic acid groups (broad SMARTS) is 1. The molecule has 0 aromatic carbocycles. The molecule has 0 aliphatic carbocycles. The van der Waals surface area contributed by atoms with Crippen LogP contribution in [0.3, 0.4) is 0 Å². The molecular formula is C14H24N2O3. The van der Waals surface area contributed by atoms with Gasteiger partial charge in [-0.1, -0.05) is 12.8 Å². The Morgan fingerprint density at radius 2 is 1.84 bits per heavy atom. The summed E-state index contributed by atoms with van der Waals surface area (Å²) < 4.78 is 0. The molecule has 0 aromatic rings. The number of carboxylic acids is 1. The zero-order chi connectivity index (χ0) is 13.7. The maximum Gasteiger partial charge on any atom is 0.308 e. The molecule has 0 aromatic heterocycles. The summed E-state index contributed by atoms with van der Waals surface area (Å²) in [6.45, 7) is 4.48. The summed E-state index contributed by atoms with van der Waals surface area (Å²) in [6, 6.07) is 0. The quantitative estimate of drug-likeness (QED) is 0.813. The number of carbonyl (C=O) groups excluding carboxylic acids is 1. The number of hydrogen-bond acceptors (Lipinski definition) is 3. The van der Waals surface area contributed by atoms with Gasteiger partial charge in [0.1, 0.15) is 0 Å². The van der Waals surface area contributed by atoms with E-state index in [1.54, 1.807) is 4.90 Å². The monoisotopic (exact) mass is 268 g/mol. The SMILES string of the molecule is O=C(O)C1CC(=O)N(CCCN2CCCCCC2)C1. The third-order valence-electron chi connectivity index (χ3n) is 4.16. The summed E-state index contributed by atoms with van der Waals surface area (Å²) in [5, 5.41) is 8.92. The summed E-state index contributed by atoms with van der Waals surface area (Å²) in [4.78, 5) is 26.7. The van der Waals surface area contributed by atoms with Crippen LogP contribution in [0.1, 0.15) is 38.5 Å². The molecule has 2 fully saturated rings. The van der Waals surface area contributed by atoms with Crippen molar-refractivity contribution in [3.05, 3.63) is 0 Å². The second-order valence-electron chi connectivity index (χ2n) is 5.69. The molecule has 0 bridgehead atoms. The molecule has 1 N–H and O–H groups in total. The zero-order valence-electron chi connectivity index (χ0n) is 11.5. The Balaban J connectivity index is 1.68. The minimum absolute atomic E-state index is 0.00302. The van der Waals surface area contributed by atoms with Gasteiger partial charge in [0.05, 0.1) is 5.92 Å². The minimum Gasteiger partial charge on any atom is -0.481 e. The zero-order valence-corrected chi connectivity index (χ0v) is 11.5. The standard InChI is InChI=1S/C14H24N2O3/c17-13-10-12(14(18)19)11-16(13)9-5-8-15-6-3-1-2-4-7-15/h12H,1-11H2,(H,18,19). The normalized spacial score (nSPS) is 25.6. The fourth-order valence-corrected chi connectivity index (χ4v) is 3.00. The van der Waals surface area contributed by atoms with Crippen molar-refractivity contribution in [1.29, 1.82) is 0 Å². The van der Waals surface area contributed by atoms with Crippen molar-refractivity contribution < 1.29 is 14.7 Å². The van der Waals surface area contributed by atoms with Crippen molar-refractivity contribution in [1.82, 2.24) is 9.80 Å². The Bertz CT molecular complexity index is 325. The highest BCUT2D eigenvalue weighted by molar-refractivity contribution is 5.86. The minimum atomic E-state index is -0.844. The van der Waals surface area contributed by atoms with E-state index in [4.69, 9.17) is 5.11 Å². The number of amides is 1. The molecule has 0 spiro atoms. The fraction of sp³-hybridized carbons (Fsp3) is 0.857. The van der Waals surface area contributed by atoms with Crippen molar-refractivity contribution in [2.45, 2.75) is 38.5 Å². The Hall–Kier alpha value is -1.10. The number of hydrogen-bond donors (Lipinski definition) is 1. The summed E-state index contributed by atoms with van der Waals surface area (Å²) >= 11 is 0. The van der Waals surface area contributed by atoms with E-state index < -0.39 is 11.9 Å². The molecule has 2 saturated heterocycles. The van der Waals surface area contributed by atoms with E-state index in [2.05, 4.69) is 4.90 Å². The molecule has 108 valence electrons. The van der Waals surface area contributed by atoms with E-state index in [1.807, 2.05) is 0 Å².